The molecule has 1 aliphatic heterocycles. The van der Waals surface area contributed by atoms with E-state index in [0.29, 0.717) is 13.2 Å². The Kier molecular flexibility index (Phi) is 2.63. The van der Waals surface area contributed by atoms with Crippen LogP contribution >= 0.6 is 0 Å². The molecule has 2 N–H and O–H groups in total. The molecule has 1 aromatic rings. The van der Waals surface area contributed by atoms with Crippen molar-refractivity contribution in [3.05, 3.63) is 29.3 Å². The summed E-state index contributed by atoms with van der Waals surface area (Å²) in [6, 6.07) is 6.61. The molecule has 0 fully saturated rings. The van der Waals surface area contributed by atoms with Crippen molar-refractivity contribution in [3.8, 4) is 5.75 Å². The van der Waals surface area contributed by atoms with Gasteiger partial charge in [-0.25, -0.2) is 4.99 Å². The minimum absolute atomic E-state index is 0.0387. The van der Waals surface area contributed by atoms with Gasteiger partial charge in [0.1, 0.15) is 12.4 Å². The number of hydrogen-bond acceptors (Lipinski definition) is 4. The predicted molar refractivity (Wildman–Crippen MR) is 65.3 cm³/mol. The topological polar surface area (TPSA) is 56.8 Å². The highest BCUT2D eigenvalue weighted by atomic mass is 16.5. The van der Waals surface area contributed by atoms with Gasteiger partial charge in [0.05, 0.1) is 6.54 Å². The molecule has 1 unspecified atom stereocenters. The van der Waals surface area contributed by atoms with Gasteiger partial charge in [-0.15, -0.1) is 0 Å². The Morgan fingerprint density at radius 2 is 2.24 bits per heavy atom. The van der Waals surface area contributed by atoms with Crippen molar-refractivity contribution in [3.63, 3.8) is 0 Å². The van der Waals surface area contributed by atoms with Crippen LogP contribution in [0.2, 0.25) is 0 Å². The lowest BCUT2D eigenvalue weighted by Gasteiger charge is -2.12. The van der Waals surface area contributed by atoms with Gasteiger partial charge in [0.2, 0.25) is 0 Å². The predicted octanol–water partition coefficient (Wildman–Crippen LogP) is 1.27. The van der Waals surface area contributed by atoms with Crippen LogP contribution in [-0.2, 0) is 17.6 Å². The number of nitrogens with two attached hydrogens (primary N) is 1. The highest BCUT2D eigenvalue weighted by Gasteiger charge is 2.18. The Labute approximate surface area is 100 Å². The van der Waals surface area contributed by atoms with Gasteiger partial charge in [0.25, 0.3) is 6.02 Å². The number of aryl methyl sites for hydroxylation is 2. The largest absolute Gasteiger partial charge is 0.490 e. The summed E-state index contributed by atoms with van der Waals surface area (Å²) in [5.41, 5.74) is 8.32. The first-order valence-electron chi connectivity index (χ1n) is 6.02. The van der Waals surface area contributed by atoms with Crippen LogP contribution in [0.15, 0.2) is 23.2 Å². The van der Waals surface area contributed by atoms with Gasteiger partial charge >= 0.3 is 0 Å². The van der Waals surface area contributed by atoms with Crippen molar-refractivity contribution in [1.29, 1.82) is 0 Å². The van der Waals surface area contributed by atoms with E-state index in [1.165, 1.54) is 30.4 Å². The molecule has 1 atom stereocenters. The molecule has 0 amide bonds. The summed E-state index contributed by atoms with van der Waals surface area (Å²) in [4.78, 5) is 3.98. The molecule has 3 rings (SSSR count). The number of amidine groups is 1. The first kappa shape index (κ1) is 10.4. The molecule has 0 radical (unpaired) electrons. The van der Waals surface area contributed by atoms with E-state index in [2.05, 4.69) is 17.1 Å². The van der Waals surface area contributed by atoms with E-state index in [4.69, 9.17) is 15.2 Å². The van der Waals surface area contributed by atoms with Crippen molar-refractivity contribution in [1.82, 2.24) is 0 Å². The van der Waals surface area contributed by atoms with Crippen LogP contribution < -0.4 is 10.5 Å². The Balaban J connectivity index is 1.59. The summed E-state index contributed by atoms with van der Waals surface area (Å²) in [5, 5.41) is 0. The summed E-state index contributed by atoms with van der Waals surface area (Å²) in [7, 11) is 0. The Bertz CT molecular complexity index is 457. The van der Waals surface area contributed by atoms with E-state index in [0.717, 1.165) is 5.75 Å². The second-order valence-corrected chi connectivity index (χ2v) is 4.51. The van der Waals surface area contributed by atoms with E-state index in [1.54, 1.807) is 0 Å². The zero-order valence-corrected chi connectivity index (χ0v) is 9.69. The van der Waals surface area contributed by atoms with Crippen LogP contribution in [0, 0.1) is 0 Å². The van der Waals surface area contributed by atoms with Gasteiger partial charge in [-0.2, -0.15) is 0 Å². The zero-order chi connectivity index (χ0) is 11.7. The van der Waals surface area contributed by atoms with E-state index >= 15 is 0 Å². The Morgan fingerprint density at radius 1 is 1.35 bits per heavy atom. The second-order valence-electron chi connectivity index (χ2n) is 4.51. The molecule has 2 aliphatic rings. The minimum Gasteiger partial charge on any atom is -0.490 e. The molecule has 90 valence electrons. The lowest BCUT2D eigenvalue weighted by Crippen LogP contribution is -2.24. The molecule has 0 aromatic heterocycles. The standard InChI is InChI=1S/C13H16N2O2/c14-13-15-7-12(17-13)8-16-11-5-4-9-2-1-3-10(9)6-11/h4-6,12H,1-3,7-8H2,(H2,14,15). The molecule has 1 heterocycles. The quantitative estimate of drug-likeness (QED) is 0.853. The van der Waals surface area contributed by atoms with Gasteiger partial charge in [-0.3, -0.25) is 0 Å². The van der Waals surface area contributed by atoms with Gasteiger partial charge in [-0.05, 0) is 42.5 Å². The van der Waals surface area contributed by atoms with Crippen LogP contribution in [-0.4, -0.2) is 25.3 Å². The fourth-order valence-electron chi connectivity index (χ4n) is 2.35. The van der Waals surface area contributed by atoms with Crippen LogP contribution in [0.25, 0.3) is 0 Å². The van der Waals surface area contributed by atoms with Gasteiger partial charge in [0, 0.05) is 0 Å². The Morgan fingerprint density at radius 3 is 3.06 bits per heavy atom. The molecule has 0 saturated heterocycles. The summed E-state index contributed by atoms with van der Waals surface area (Å²) < 4.78 is 11.0. The number of aliphatic imine (C=N–C) groups is 1. The maximum absolute atomic E-state index is 5.71. The maximum atomic E-state index is 5.71. The summed E-state index contributed by atoms with van der Waals surface area (Å²) >= 11 is 0. The second kappa shape index (κ2) is 4.28. The molecule has 1 aliphatic carbocycles. The van der Waals surface area contributed by atoms with Crippen molar-refractivity contribution in [2.24, 2.45) is 10.7 Å². The lowest BCUT2D eigenvalue weighted by molar-refractivity contribution is 0.141. The van der Waals surface area contributed by atoms with Crippen LogP contribution in [0.3, 0.4) is 0 Å². The molecular formula is C13H16N2O2. The molecule has 0 bridgehead atoms. The van der Waals surface area contributed by atoms with Crippen molar-refractivity contribution < 1.29 is 9.47 Å². The third-order valence-corrected chi connectivity index (χ3v) is 3.24. The summed E-state index contributed by atoms with van der Waals surface area (Å²) in [5.74, 6) is 0.916. The SMILES string of the molecule is NC1=NCC(COc2ccc3c(c2)CCC3)O1. The highest BCUT2D eigenvalue weighted by molar-refractivity contribution is 5.73. The lowest BCUT2D eigenvalue weighted by atomic mass is 10.1. The maximum Gasteiger partial charge on any atom is 0.282 e. The monoisotopic (exact) mass is 232 g/mol. The first-order valence-corrected chi connectivity index (χ1v) is 6.02. The third kappa shape index (κ3) is 2.20. The third-order valence-electron chi connectivity index (χ3n) is 3.24. The zero-order valence-electron chi connectivity index (χ0n) is 9.69. The van der Waals surface area contributed by atoms with Gasteiger partial charge in [-0.1, -0.05) is 6.07 Å². The number of hydrogen-bond donors (Lipinski definition) is 1. The van der Waals surface area contributed by atoms with Gasteiger partial charge < -0.3 is 15.2 Å². The molecule has 17 heavy (non-hydrogen) atoms. The normalized spacial score (nSPS) is 21.9. The number of nitrogens with zero attached hydrogens (tertiary/aromatic N) is 1. The number of ether oxygens (including phenoxy) is 2. The smallest absolute Gasteiger partial charge is 0.282 e. The highest BCUT2D eigenvalue weighted by Crippen LogP contribution is 2.26. The van der Waals surface area contributed by atoms with Crippen molar-refractivity contribution in [2.75, 3.05) is 13.2 Å². The average Bonchev–Trinajstić information content (AvgIpc) is 2.94. The van der Waals surface area contributed by atoms with E-state index in [1.807, 2.05) is 6.07 Å². The van der Waals surface area contributed by atoms with Crippen LogP contribution in [0.4, 0.5) is 0 Å². The average molecular weight is 232 g/mol. The molecule has 1 aromatic carbocycles. The minimum atomic E-state index is -0.0387. The summed E-state index contributed by atoms with van der Waals surface area (Å²) in [6.45, 7) is 1.10. The number of rotatable bonds is 3. The Hall–Kier alpha value is -1.71. The molecule has 0 spiro atoms. The van der Waals surface area contributed by atoms with E-state index in [-0.39, 0.29) is 12.1 Å². The fourth-order valence-corrected chi connectivity index (χ4v) is 2.35. The van der Waals surface area contributed by atoms with E-state index < -0.39 is 0 Å². The van der Waals surface area contributed by atoms with E-state index in [9.17, 15) is 0 Å². The summed E-state index contributed by atoms with van der Waals surface area (Å²) in [6.07, 6.45) is 3.59. The fraction of sp³-hybridized carbons (Fsp3) is 0.462. The first-order chi connectivity index (χ1) is 8.31. The number of benzene rings is 1. The van der Waals surface area contributed by atoms with Crippen LogP contribution in [0.1, 0.15) is 17.5 Å². The van der Waals surface area contributed by atoms with Crippen LogP contribution in [0.5, 0.6) is 5.75 Å². The van der Waals surface area contributed by atoms with Crippen molar-refractivity contribution in [2.45, 2.75) is 25.4 Å². The molecule has 0 saturated carbocycles. The molecule has 4 nitrogen and oxygen atoms in total. The number of fused-ring (bicyclic) bond motifs is 1. The van der Waals surface area contributed by atoms with Gasteiger partial charge in [0.15, 0.2) is 6.10 Å². The molecular weight excluding hydrogens is 216 g/mol. The van der Waals surface area contributed by atoms with Crippen molar-refractivity contribution >= 4 is 6.02 Å². The molecule has 4 heteroatoms.